The molecule has 1 aliphatic rings. The van der Waals surface area contributed by atoms with Crippen LogP contribution in [0, 0.1) is 0 Å². The van der Waals surface area contributed by atoms with Crippen LogP contribution in [0.5, 0.6) is 0 Å². The second-order valence-electron chi connectivity index (χ2n) is 4.82. The molecule has 0 bridgehead atoms. The van der Waals surface area contributed by atoms with Crippen LogP contribution in [0.15, 0.2) is 24.5 Å². The molecule has 2 aromatic rings. The smallest absolute Gasteiger partial charge is 0.180 e. The van der Waals surface area contributed by atoms with E-state index in [1.807, 2.05) is 19.1 Å². The first-order valence-electron chi connectivity index (χ1n) is 6.33. The van der Waals surface area contributed by atoms with E-state index in [0.717, 1.165) is 5.52 Å². The number of rotatable bonds is 3. The first kappa shape index (κ1) is 12.3. The van der Waals surface area contributed by atoms with Crippen LogP contribution in [0.25, 0.3) is 11.2 Å². The van der Waals surface area contributed by atoms with Crippen molar-refractivity contribution < 1.29 is 9.84 Å². The van der Waals surface area contributed by atoms with Gasteiger partial charge in [0.2, 0.25) is 0 Å². The molecule has 0 saturated carbocycles. The molecule has 1 saturated heterocycles. The lowest BCUT2D eigenvalue weighted by Crippen LogP contribution is -2.43. The number of nitrogens with zero attached hydrogens (tertiary/aromatic N) is 3. The molecule has 2 unspecified atom stereocenters. The average Bonchev–Trinajstić information content (AvgIpc) is 2.77. The fraction of sp³-hybridized carbons (Fsp3) is 0.462. The Morgan fingerprint density at radius 3 is 3.05 bits per heavy atom. The van der Waals surface area contributed by atoms with Gasteiger partial charge in [0.25, 0.3) is 0 Å². The number of aliphatic hydroxyl groups is 1. The molecule has 2 N–H and O–H groups in total. The first-order valence-corrected chi connectivity index (χ1v) is 6.33. The molecule has 3 rings (SSSR count). The van der Waals surface area contributed by atoms with Crippen LogP contribution in [-0.4, -0.2) is 44.9 Å². The fourth-order valence-electron chi connectivity index (χ4n) is 2.20. The molecule has 0 spiro atoms. The van der Waals surface area contributed by atoms with Crippen LogP contribution < -0.4 is 5.32 Å². The van der Waals surface area contributed by atoms with Crippen molar-refractivity contribution in [3.63, 3.8) is 0 Å². The molecule has 2 aromatic heterocycles. The van der Waals surface area contributed by atoms with Gasteiger partial charge in [0, 0.05) is 32.0 Å². The molecule has 0 radical (unpaired) electrons. The summed E-state index contributed by atoms with van der Waals surface area (Å²) >= 11 is 0. The van der Waals surface area contributed by atoms with E-state index in [2.05, 4.69) is 20.3 Å². The highest BCUT2D eigenvalue weighted by Crippen LogP contribution is 2.25. The Balaban J connectivity index is 1.75. The van der Waals surface area contributed by atoms with E-state index < -0.39 is 5.60 Å². The Morgan fingerprint density at radius 1 is 1.42 bits per heavy atom. The number of aromatic nitrogens is 3. The van der Waals surface area contributed by atoms with Crippen molar-refractivity contribution in [2.75, 3.05) is 18.5 Å². The minimum atomic E-state index is -0.834. The standard InChI is InChI=1S/C13H16N4O2/c1-9-13(18,4-7-19-9)8-16-11-3-2-10-12(17-11)15-6-5-14-10/h2-3,5-6,9,18H,4,7-8H2,1H3,(H,15,16,17). The highest BCUT2D eigenvalue weighted by Gasteiger charge is 2.39. The Bertz CT molecular complexity index is 592. The van der Waals surface area contributed by atoms with Gasteiger partial charge < -0.3 is 15.2 Å². The van der Waals surface area contributed by atoms with E-state index in [4.69, 9.17) is 4.74 Å². The summed E-state index contributed by atoms with van der Waals surface area (Å²) in [5.41, 5.74) is 0.512. The summed E-state index contributed by atoms with van der Waals surface area (Å²) in [6, 6.07) is 3.69. The molecule has 1 fully saturated rings. The molecule has 19 heavy (non-hydrogen) atoms. The summed E-state index contributed by atoms with van der Waals surface area (Å²) in [5, 5.41) is 13.5. The third kappa shape index (κ3) is 2.36. The van der Waals surface area contributed by atoms with Crippen molar-refractivity contribution in [3.8, 4) is 0 Å². The van der Waals surface area contributed by atoms with Gasteiger partial charge in [-0.05, 0) is 19.1 Å². The van der Waals surface area contributed by atoms with E-state index in [-0.39, 0.29) is 6.10 Å². The third-order valence-corrected chi connectivity index (χ3v) is 3.57. The monoisotopic (exact) mass is 260 g/mol. The van der Waals surface area contributed by atoms with E-state index in [1.165, 1.54) is 0 Å². The van der Waals surface area contributed by atoms with Crippen molar-refractivity contribution in [1.29, 1.82) is 0 Å². The van der Waals surface area contributed by atoms with E-state index in [0.29, 0.717) is 31.0 Å². The number of anilines is 1. The average molecular weight is 260 g/mol. The second-order valence-corrected chi connectivity index (χ2v) is 4.82. The van der Waals surface area contributed by atoms with Crippen LogP contribution >= 0.6 is 0 Å². The van der Waals surface area contributed by atoms with Gasteiger partial charge in [0.1, 0.15) is 16.9 Å². The molecule has 0 amide bonds. The van der Waals surface area contributed by atoms with Gasteiger partial charge in [0.15, 0.2) is 5.65 Å². The van der Waals surface area contributed by atoms with Gasteiger partial charge in [0.05, 0.1) is 6.10 Å². The van der Waals surface area contributed by atoms with Crippen molar-refractivity contribution in [3.05, 3.63) is 24.5 Å². The molecule has 6 nitrogen and oxygen atoms in total. The predicted molar refractivity (Wildman–Crippen MR) is 70.8 cm³/mol. The molecular weight excluding hydrogens is 244 g/mol. The van der Waals surface area contributed by atoms with Crippen LogP contribution in [-0.2, 0) is 4.74 Å². The van der Waals surface area contributed by atoms with Gasteiger partial charge in [-0.15, -0.1) is 0 Å². The van der Waals surface area contributed by atoms with Gasteiger partial charge in [-0.2, -0.15) is 0 Å². The second kappa shape index (κ2) is 4.71. The van der Waals surface area contributed by atoms with Crippen LogP contribution in [0.4, 0.5) is 5.82 Å². The first-order chi connectivity index (χ1) is 9.17. The summed E-state index contributed by atoms with van der Waals surface area (Å²) < 4.78 is 5.39. The minimum absolute atomic E-state index is 0.166. The Hall–Kier alpha value is -1.79. The van der Waals surface area contributed by atoms with Crippen molar-refractivity contribution in [2.24, 2.45) is 0 Å². The number of ether oxygens (including phenoxy) is 1. The number of pyridine rings is 1. The molecule has 0 aliphatic carbocycles. The maximum atomic E-state index is 10.4. The largest absolute Gasteiger partial charge is 0.385 e. The fourth-order valence-corrected chi connectivity index (χ4v) is 2.20. The van der Waals surface area contributed by atoms with Crippen LogP contribution in [0.3, 0.4) is 0 Å². The maximum absolute atomic E-state index is 10.4. The summed E-state index contributed by atoms with van der Waals surface area (Å²) in [6.45, 7) is 2.89. The molecule has 1 aliphatic heterocycles. The van der Waals surface area contributed by atoms with Gasteiger partial charge in [-0.3, -0.25) is 4.98 Å². The maximum Gasteiger partial charge on any atom is 0.180 e. The predicted octanol–water partition coefficient (Wildman–Crippen LogP) is 0.977. The number of fused-ring (bicyclic) bond motifs is 1. The van der Waals surface area contributed by atoms with E-state index in [9.17, 15) is 5.11 Å². The molecule has 2 atom stereocenters. The molecule has 6 heteroatoms. The summed E-state index contributed by atoms with van der Waals surface area (Å²) in [6.07, 6.45) is 3.71. The number of nitrogens with one attached hydrogen (secondary N) is 1. The van der Waals surface area contributed by atoms with Gasteiger partial charge in [-0.1, -0.05) is 0 Å². The summed E-state index contributed by atoms with van der Waals surface area (Å²) in [7, 11) is 0. The van der Waals surface area contributed by atoms with Crippen molar-refractivity contribution >= 4 is 17.0 Å². The lowest BCUT2D eigenvalue weighted by Gasteiger charge is -2.26. The Labute approximate surface area is 110 Å². The topological polar surface area (TPSA) is 80.2 Å². The number of hydrogen-bond acceptors (Lipinski definition) is 6. The molecule has 0 aromatic carbocycles. The zero-order valence-corrected chi connectivity index (χ0v) is 10.7. The minimum Gasteiger partial charge on any atom is -0.385 e. The Morgan fingerprint density at radius 2 is 2.26 bits per heavy atom. The van der Waals surface area contributed by atoms with Crippen LogP contribution in [0.2, 0.25) is 0 Å². The lowest BCUT2D eigenvalue weighted by molar-refractivity contribution is -0.0176. The Kier molecular flexibility index (Phi) is 3.04. The van der Waals surface area contributed by atoms with E-state index >= 15 is 0 Å². The van der Waals surface area contributed by atoms with Crippen molar-refractivity contribution in [1.82, 2.24) is 15.0 Å². The van der Waals surface area contributed by atoms with Gasteiger partial charge in [-0.25, -0.2) is 9.97 Å². The quantitative estimate of drug-likeness (QED) is 0.856. The molecular formula is C13H16N4O2. The zero-order valence-electron chi connectivity index (χ0n) is 10.7. The summed E-state index contributed by atoms with van der Waals surface area (Å²) in [4.78, 5) is 12.7. The van der Waals surface area contributed by atoms with Gasteiger partial charge >= 0.3 is 0 Å². The van der Waals surface area contributed by atoms with E-state index in [1.54, 1.807) is 12.4 Å². The highest BCUT2D eigenvalue weighted by atomic mass is 16.5. The molecule has 3 heterocycles. The zero-order chi connectivity index (χ0) is 13.3. The van der Waals surface area contributed by atoms with Crippen molar-refractivity contribution in [2.45, 2.75) is 25.0 Å². The highest BCUT2D eigenvalue weighted by molar-refractivity contribution is 5.71. The molecule has 100 valence electrons. The SMILES string of the molecule is CC1OCCC1(O)CNc1ccc2nccnc2n1. The lowest BCUT2D eigenvalue weighted by atomic mass is 9.97. The third-order valence-electron chi connectivity index (χ3n) is 3.57. The summed E-state index contributed by atoms with van der Waals surface area (Å²) in [5.74, 6) is 0.681. The van der Waals surface area contributed by atoms with Crippen LogP contribution in [0.1, 0.15) is 13.3 Å². The number of hydrogen-bond donors (Lipinski definition) is 2. The normalized spacial score (nSPS) is 26.7.